The van der Waals surface area contributed by atoms with Crippen LogP contribution in [0.2, 0.25) is 0 Å². The smallest absolute Gasteiger partial charge is 0.164 e. The molecule has 10 rings (SSSR count). The Kier molecular flexibility index (Phi) is 7.08. The minimum atomic E-state index is -0.112. The molecule has 5 nitrogen and oxygen atoms in total. The van der Waals surface area contributed by atoms with Gasteiger partial charge in [-0.15, -0.1) is 0 Å². The van der Waals surface area contributed by atoms with Gasteiger partial charge in [-0.1, -0.05) is 141 Å². The maximum Gasteiger partial charge on any atom is 0.164 e. The van der Waals surface area contributed by atoms with Crippen molar-refractivity contribution in [3.8, 4) is 45.3 Å². The second-order valence-corrected chi connectivity index (χ2v) is 14.0. The first kappa shape index (κ1) is 30.9. The Morgan fingerprint density at radius 3 is 1.77 bits per heavy atom. The molecular weight excluding hydrogens is 649 g/mol. The average molecular weight is 683 g/mol. The highest BCUT2D eigenvalue weighted by Crippen LogP contribution is 2.54. The second-order valence-electron chi connectivity index (χ2n) is 14.0. The first-order valence-electron chi connectivity index (χ1n) is 18.0. The van der Waals surface area contributed by atoms with Crippen LogP contribution in [0, 0.1) is 0 Å². The normalized spacial score (nSPS) is 12.9. The molecule has 1 aliphatic rings. The number of rotatable bonds is 6. The maximum atomic E-state index is 6.69. The molecule has 9 aromatic rings. The molecule has 2 heterocycles. The molecule has 0 spiro atoms. The van der Waals surface area contributed by atoms with Gasteiger partial charge in [-0.3, -0.25) is 0 Å². The van der Waals surface area contributed by atoms with Crippen LogP contribution in [-0.2, 0) is 5.41 Å². The van der Waals surface area contributed by atoms with Crippen LogP contribution in [0.4, 0.5) is 17.1 Å². The Balaban J connectivity index is 1.16. The summed E-state index contributed by atoms with van der Waals surface area (Å²) < 4.78 is 6.69. The van der Waals surface area contributed by atoms with Crippen molar-refractivity contribution in [1.82, 2.24) is 15.0 Å². The van der Waals surface area contributed by atoms with Crippen molar-refractivity contribution in [3.05, 3.63) is 181 Å². The van der Waals surface area contributed by atoms with Gasteiger partial charge in [-0.25, -0.2) is 15.0 Å². The van der Waals surface area contributed by atoms with Crippen molar-refractivity contribution in [2.45, 2.75) is 19.3 Å². The van der Waals surface area contributed by atoms with Gasteiger partial charge in [0.25, 0.3) is 0 Å². The van der Waals surface area contributed by atoms with Gasteiger partial charge in [0.05, 0.1) is 5.69 Å². The fraction of sp³-hybridized carbons (Fsp3) is 0.0625. The minimum absolute atomic E-state index is 0.112. The summed E-state index contributed by atoms with van der Waals surface area (Å²) in [4.78, 5) is 17.4. The van der Waals surface area contributed by atoms with Crippen LogP contribution in [0.25, 0.3) is 67.2 Å². The summed E-state index contributed by atoms with van der Waals surface area (Å²) in [5.41, 5.74) is 12.7. The summed E-state index contributed by atoms with van der Waals surface area (Å²) in [6.07, 6.45) is 0. The first-order valence-corrected chi connectivity index (χ1v) is 18.0. The third kappa shape index (κ3) is 5.04. The van der Waals surface area contributed by atoms with Crippen LogP contribution < -0.4 is 4.90 Å². The van der Waals surface area contributed by atoms with E-state index < -0.39 is 0 Å². The molecule has 0 unspecified atom stereocenters. The molecule has 252 valence electrons. The van der Waals surface area contributed by atoms with Gasteiger partial charge in [0.2, 0.25) is 0 Å². The molecule has 0 fully saturated rings. The summed E-state index contributed by atoms with van der Waals surface area (Å²) in [6.45, 7) is 4.65. The fourth-order valence-corrected chi connectivity index (χ4v) is 7.99. The van der Waals surface area contributed by atoms with Crippen molar-refractivity contribution >= 4 is 39.0 Å². The quantitative estimate of drug-likeness (QED) is 0.175. The van der Waals surface area contributed by atoms with Gasteiger partial charge in [0.15, 0.2) is 17.5 Å². The number of fused-ring (bicyclic) bond motifs is 6. The van der Waals surface area contributed by atoms with Gasteiger partial charge in [-0.2, -0.15) is 0 Å². The topological polar surface area (TPSA) is 55.1 Å². The zero-order valence-corrected chi connectivity index (χ0v) is 29.4. The van der Waals surface area contributed by atoms with Crippen molar-refractivity contribution < 1.29 is 4.42 Å². The molecule has 7 aromatic carbocycles. The van der Waals surface area contributed by atoms with Gasteiger partial charge in [-0.05, 0) is 53.1 Å². The number of anilines is 3. The monoisotopic (exact) mass is 682 g/mol. The molecule has 0 N–H and O–H groups in total. The molecule has 0 amide bonds. The lowest BCUT2D eigenvalue weighted by Gasteiger charge is -2.28. The zero-order valence-electron chi connectivity index (χ0n) is 29.4. The van der Waals surface area contributed by atoms with E-state index in [0.29, 0.717) is 17.5 Å². The third-order valence-corrected chi connectivity index (χ3v) is 10.5. The summed E-state index contributed by atoms with van der Waals surface area (Å²) in [5.74, 6) is 1.85. The van der Waals surface area contributed by atoms with E-state index in [0.717, 1.165) is 55.7 Å². The zero-order chi connectivity index (χ0) is 35.5. The molecule has 0 radical (unpaired) electrons. The van der Waals surface area contributed by atoms with Crippen LogP contribution >= 0.6 is 0 Å². The largest absolute Gasteiger partial charge is 0.456 e. The van der Waals surface area contributed by atoms with Crippen molar-refractivity contribution in [2.24, 2.45) is 0 Å². The Labute approximate surface area is 307 Å². The highest BCUT2D eigenvalue weighted by molar-refractivity contribution is 6.12. The molecule has 5 heteroatoms. The minimum Gasteiger partial charge on any atom is -0.456 e. The third-order valence-electron chi connectivity index (χ3n) is 10.5. The standard InChI is InChI=1S/C48H34N4O/c1-48(2)38-24-13-12-22-35(38)44-39(48)25-15-26-40(44)52(33-20-10-5-11-21-33)34-28-29-36-42(30-34)53-41-27-14-23-37(43(36)41)47-50-45(31-16-6-3-7-17-31)49-46(51-47)32-18-8-4-9-19-32/h3-30H,1-2H3. The lowest BCUT2D eigenvalue weighted by molar-refractivity contribution is 0.660. The van der Waals surface area contributed by atoms with Crippen LogP contribution in [-0.4, -0.2) is 15.0 Å². The van der Waals surface area contributed by atoms with Crippen molar-refractivity contribution in [3.63, 3.8) is 0 Å². The van der Waals surface area contributed by atoms with Gasteiger partial charge >= 0.3 is 0 Å². The van der Waals surface area contributed by atoms with E-state index in [1.54, 1.807) is 0 Å². The van der Waals surface area contributed by atoms with E-state index >= 15 is 0 Å². The van der Waals surface area contributed by atoms with Gasteiger partial charge in [0, 0.05) is 55.9 Å². The maximum absolute atomic E-state index is 6.69. The summed E-state index contributed by atoms with van der Waals surface area (Å²) in [5, 5.41) is 1.97. The van der Waals surface area contributed by atoms with E-state index in [9.17, 15) is 0 Å². The van der Waals surface area contributed by atoms with Gasteiger partial charge < -0.3 is 9.32 Å². The SMILES string of the molecule is CC1(C)c2ccccc2-c2c(N(c3ccccc3)c3ccc4c(c3)oc3cccc(-c5nc(-c6ccccc6)nc(-c6ccccc6)n5)c34)cccc21. The van der Waals surface area contributed by atoms with Crippen LogP contribution in [0.5, 0.6) is 0 Å². The van der Waals surface area contributed by atoms with Crippen LogP contribution in [0.15, 0.2) is 174 Å². The van der Waals surface area contributed by atoms with E-state index in [4.69, 9.17) is 19.4 Å². The highest BCUT2D eigenvalue weighted by atomic mass is 16.3. The fourth-order valence-electron chi connectivity index (χ4n) is 7.99. The first-order chi connectivity index (χ1) is 26.0. The molecule has 2 aromatic heterocycles. The molecule has 1 aliphatic carbocycles. The highest BCUT2D eigenvalue weighted by Gasteiger charge is 2.37. The molecule has 0 aliphatic heterocycles. The lowest BCUT2D eigenvalue weighted by atomic mass is 9.82. The van der Waals surface area contributed by atoms with Crippen molar-refractivity contribution in [2.75, 3.05) is 4.90 Å². The lowest BCUT2D eigenvalue weighted by Crippen LogP contribution is -2.16. The van der Waals surface area contributed by atoms with Gasteiger partial charge in [0.1, 0.15) is 11.2 Å². The van der Waals surface area contributed by atoms with Crippen LogP contribution in [0.3, 0.4) is 0 Å². The van der Waals surface area contributed by atoms with E-state index in [2.05, 4.69) is 116 Å². The number of benzene rings is 7. The Morgan fingerprint density at radius 1 is 0.472 bits per heavy atom. The molecule has 0 atom stereocenters. The van der Waals surface area contributed by atoms with E-state index in [1.807, 2.05) is 72.8 Å². The predicted molar refractivity (Wildman–Crippen MR) is 216 cm³/mol. The average Bonchev–Trinajstić information content (AvgIpc) is 3.71. The number of nitrogens with zero attached hydrogens (tertiary/aromatic N) is 4. The molecule has 0 bridgehead atoms. The number of furan rings is 1. The number of aromatic nitrogens is 3. The Bertz CT molecular complexity index is 2750. The Hall–Kier alpha value is -6.85. The molecular formula is C48H34N4O. The number of hydrogen-bond acceptors (Lipinski definition) is 5. The van der Waals surface area contributed by atoms with Crippen LogP contribution in [0.1, 0.15) is 25.0 Å². The molecule has 0 saturated carbocycles. The van der Waals surface area contributed by atoms with Crippen molar-refractivity contribution in [1.29, 1.82) is 0 Å². The molecule has 0 saturated heterocycles. The predicted octanol–water partition coefficient (Wildman–Crippen LogP) is 12.5. The second kappa shape index (κ2) is 12.1. The number of hydrogen-bond donors (Lipinski definition) is 0. The Morgan fingerprint density at radius 2 is 1.06 bits per heavy atom. The molecule has 53 heavy (non-hydrogen) atoms. The summed E-state index contributed by atoms with van der Waals surface area (Å²) in [7, 11) is 0. The van der Waals surface area contributed by atoms with E-state index in [-0.39, 0.29) is 5.41 Å². The summed E-state index contributed by atoms with van der Waals surface area (Å²) in [6, 6.07) is 58.9. The van der Waals surface area contributed by atoms with E-state index in [1.165, 1.54) is 22.3 Å². The number of para-hydroxylation sites is 1. The summed E-state index contributed by atoms with van der Waals surface area (Å²) >= 11 is 0.